The minimum absolute atomic E-state index is 0.174. The first-order chi connectivity index (χ1) is 13.6. The van der Waals surface area contributed by atoms with Gasteiger partial charge in [0.2, 0.25) is 0 Å². The van der Waals surface area contributed by atoms with Crippen molar-refractivity contribution in [2.24, 2.45) is 0 Å². The molecule has 0 aromatic heterocycles. The number of hydrogen-bond donors (Lipinski definition) is 0. The Kier molecular flexibility index (Phi) is 7.35. The summed E-state index contributed by atoms with van der Waals surface area (Å²) in [6.45, 7) is 2.62. The highest BCUT2D eigenvalue weighted by Gasteiger charge is 2.38. The third-order valence-corrected chi connectivity index (χ3v) is 6.12. The van der Waals surface area contributed by atoms with Gasteiger partial charge in [-0.05, 0) is 29.7 Å². The van der Waals surface area contributed by atoms with Crippen molar-refractivity contribution in [1.82, 2.24) is 4.90 Å². The van der Waals surface area contributed by atoms with Crippen molar-refractivity contribution in [2.45, 2.75) is 38.4 Å². The molecule has 1 aliphatic heterocycles. The molecule has 146 valence electrons. The molecule has 0 bridgehead atoms. The lowest BCUT2D eigenvalue weighted by atomic mass is 10.1. The summed E-state index contributed by atoms with van der Waals surface area (Å²) in [7, 11) is 0. The smallest absolute Gasteiger partial charge is 0.267 e. The molecule has 5 heteroatoms. The minimum atomic E-state index is -0.195. The summed E-state index contributed by atoms with van der Waals surface area (Å²) in [6, 6.07) is 17.1. The number of carbonyl (C=O) groups is 2. The van der Waals surface area contributed by atoms with Crippen LogP contribution in [0.1, 0.15) is 43.7 Å². The van der Waals surface area contributed by atoms with Gasteiger partial charge in [0.1, 0.15) is 0 Å². The van der Waals surface area contributed by atoms with Crippen molar-refractivity contribution in [1.29, 1.82) is 0 Å². The molecule has 0 radical (unpaired) electrons. The number of nitrogens with zero attached hydrogens (tertiary/aromatic N) is 1. The molecule has 0 spiro atoms. The number of carbonyl (C=O) groups excluding carboxylic acids is 2. The highest BCUT2D eigenvalue weighted by atomic mass is 35.5. The molecular weight excluding hydrogens is 390 g/mol. The highest BCUT2D eigenvalue weighted by Crippen LogP contribution is 2.38. The maximum absolute atomic E-state index is 13.1. The van der Waals surface area contributed by atoms with Crippen molar-refractivity contribution >= 4 is 40.8 Å². The van der Waals surface area contributed by atoms with Crippen LogP contribution in [0.5, 0.6) is 0 Å². The molecule has 2 aromatic carbocycles. The SMILES string of the molecule is CCCCCCN1C(=O)C(SCc2ccccc2)=C(c2ccc(Cl)cc2)C1=O. The van der Waals surface area contributed by atoms with Gasteiger partial charge in [0.25, 0.3) is 11.8 Å². The summed E-state index contributed by atoms with van der Waals surface area (Å²) in [5.41, 5.74) is 2.37. The zero-order valence-corrected chi connectivity index (χ0v) is 17.6. The van der Waals surface area contributed by atoms with Crippen LogP contribution in [0.2, 0.25) is 5.02 Å². The molecule has 0 fully saturated rings. The molecule has 3 rings (SSSR count). The Morgan fingerprint density at radius 1 is 0.893 bits per heavy atom. The summed E-state index contributed by atoms with van der Waals surface area (Å²) in [5.74, 6) is 0.280. The van der Waals surface area contributed by atoms with Gasteiger partial charge in [0.05, 0.1) is 10.5 Å². The summed E-state index contributed by atoms with van der Waals surface area (Å²) in [4.78, 5) is 28.1. The van der Waals surface area contributed by atoms with E-state index >= 15 is 0 Å². The van der Waals surface area contributed by atoms with E-state index in [0.29, 0.717) is 27.8 Å². The third-order valence-electron chi connectivity index (χ3n) is 4.72. The number of thioether (sulfide) groups is 1. The van der Waals surface area contributed by atoms with Gasteiger partial charge in [-0.25, -0.2) is 0 Å². The summed E-state index contributed by atoms with van der Waals surface area (Å²) < 4.78 is 0. The Hall–Kier alpha value is -2.04. The lowest BCUT2D eigenvalue weighted by Crippen LogP contribution is -2.32. The Morgan fingerprint density at radius 2 is 1.61 bits per heavy atom. The monoisotopic (exact) mass is 413 g/mol. The topological polar surface area (TPSA) is 37.4 Å². The molecule has 1 aliphatic rings. The zero-order valence-electron chi connectivity index (χ0n) is 16.0. The molecule has 0 atom stereocenters. The van der Waals surface area contributed by atoms with Crippen LogP contribution in [0, 0.1) is 0 Å². The largest absolute Gasteiger partial charge is 0.274 e. The van der Waals surface area contributed by atoms with Gasteiger partial charge in [-0.3, -0.25) is 14.5 Å². The van der Waals surface area contributed by atoms with Gasteiger partial charge in [-0.2, -0.15) is 0 Å². The second kappa shape index (κ2) is 9.94. The van der Waals surface area contributed by atoms with Gasteiger partial charge < -0.3 is 0 Å². The van der Waals surface area contributed by atoms with Crippen LogP contribution in [0.25, 0.3) is 5.57 Å². The number of imide groups is 1. The van der Waals surface area contributed by atoms with Crippen molar-refractivity contribution in [3.63, 3.8) is 0 Å². The predicted molar refractivity (Wildman–Crippen MR) is 117 cm³/mol. The van der Waals surface area contributed by atoms with Crippen molar-refractivity contribution < 1.29 is 9.59 Å². The highest BCUT2D eigenvalue weighted by molar-refractivity contribution is 8.03. The van der Waals surface area contributed by atoms with E-state index in [1.165, 1.54) is 16.7 Å². The fourth-order valence-electron chi connectivity index (χ4n) is 3.19. The van der Waals surface area contributed by atoms with Crippen LogP contribution in [0.3, 0.4) is 0 Å². The second-order valence-electron chi connectivity index (χ2n) is 6.81. The van der Waals surface area contributed by atoms with Crippen molar-refractivity contribution in [2.75, 3.05) is 6.54 Å². The Labute approximate surface area is 175 Å². The Bertz CT molecular complexity index is 862. The van der Waals surface area contributed by atoms with Crippen LogP contribution in [0.15, 0.2) is 59.5 Å². The van der Waals surface area contributed by atoms with E-state index in [1.54, 1.807) is 12.1 Å². The van der Waals surface area contributed by atoms with E-state index in [-0.39, 0.29) is 11.8 Å². The summed E-state index contributed by atoms with van der Waals surface area (Å²) in [6.07, 6.45) is 4.10. The van der Waals surface area contributed by atoms with Gasteiger partial charge in [-0.15, -0.1) is 11.8 Å². The molecular formula is C23H24ClNO2S. The average molecular weight is 414 g/mol. The minimum Gasteiger partial charge on any atom is -0.274 e. The third kappa shape index (κ3) is 4.86. The fourth-order valence-corrected chi connectivity index (χ4v) is 4.40. The maximum atomic E-state index is 13.1. The number of benzene rings is 2. The molecule has 0 unspecified atom stereocenters. The normalized spacial score (nSPS) is 14.3. The molecule has 0 N–H and O–H groups in total. The quantitative estimate of drug-likeness (QED) is 0.377. The first kappa shape index (κ1) is 20.7. The van der Waals surface area contributed by atoms with Crippen LogP contribution in [-0.2, 0) is 15.3 Å². The van der Waals surface area contributed by atoms with E-state index in [0.717, 1.165) is 36.8 Å². The lowest BCUT2D eigenvalue weighted by Gasteiger charge is -2.14. The van der Waals surface area contributed by atoms with Crippen LogP contribution >= 0.6 is 23.4 Å². The first-order valence-corrected chi connectivity index (χ1v) is 11.0. The van der Waals surface area contributed by atoms with Gasteiger partial charge in [-0.1, -0.05) is 80.3 Å². The number of hydrogen-bond acceptors (Lipinski definition) is 3. The summed E-state index contributed by atoms with van der Waals surface area (Å²) in [5, 5.41) is 0.607. The van der Waals surface area contributed by atoms with Gasteiger partial charge in [0.15, 0.2) is 0 Å². The zero-order chi connectivity index (χ0) is 19.9. The molecule has 2 aromatic rings. The van der Waals surface area contributed by atoms with E-state index in [9.17, 15) is 9.59 Å². The number of amides is 2. The molecule has 1 heterocycles. The number of halogens is 1. The van der Waals surface area contributed by atoms with Crippen molar-refractivity contribution in [3.05, 3.63) is 75.7 Å². The van der Waals surface area contributed by atoms with E-state index < -0.39 is 0 Å². The standard InChI is InChI=1S/C23H24ClNO2S/c1-2-3-4-8-15-25-22(26)20(18-11-13-19(24)14-12-18)21(23(25)27)28-16-17-9-6-5-7-10-17/h5-7,9-14H,2-4,8,15-16H2,1H3. The summed E-state index contributed by atoms with van der Waals surface area (Å²) >= 11 is 7.44. The molecule has 2 amide bonds. The predicted octanol–water partition coefficient (Wildman–Crippen LogP) is 5.93. The average Bonchev–Trinajstić information content (AvgIpc) is 2.95. The molecule has 28 heavy (non-hydrogen) atoms. The molecule has 0 saturated carbocycles. The van der Waals surface area contributed by atoms with Crippen molar-refractivity contribution in [3.8, 4) is 0 Å². The first-order valence-electron chi connectivity index (χ1n) is 9.65. The second-order valence-corrected chi connectivity index (χ2v) is 8.23. The Morgan fingerprint density at radius 3 is 2.29 bits per heavy atom. The van der Waals surface area contributed by atoms with Crippen LogP contribution in [-0.4, -0.2) is 23.3 Å². The van der Waals surface area contributed by atoms with E-state index in [2.05, 4.69) is 6.92 Å². The van der Waals surface area contributed by atoms with E-state index in [4.69, 9.17) is 11.6 Å². The van der Waals surface area contributed by atoms with E-state index in [1.807, 2.05) is 42.5 Å². The molecule has 3 nitrogen and oxygen atoms in total. The Balaban J connectivity index is 1.85. The van der Waals surface area contributed by atoms with Gasteiger partial charge in [0, 0.05) is 17.3 Å². The van der Waals surface area contributed by atoms with Gasteiger partial charge >= 0.3 is 0 Å². The number of rotatable bonds is 9. The number of unbranched alkanes of at least 4 members (excludes halogenated alkanes) is 3. The molecule has 0 aliphatic carbocycles. The fraction of sp³-hybridized carbons (Fsp3) is 0.304. The molecule has 0 saturated heterocycles. The van der Waals surface area contributed by atoms with Crippen LogP contribution in [0.4, 0.5) is 0 Å². The lowest BCUT2D eigenvalue weighted by molar-refractivity contribution is -0.136. The maximum Gasteiger partial charge on any atom is 0.267 e. The van der Waals surface area contributed by atoms with Crippen LogP contribution < -0.4 is 0 Å².